The largest absolute Gasteiger partial charge is 0.293 e. The van der Waals surface area contributed by atoms with Crippen molar-refractivity contribution >= 4 is 35.2 Å². The van der Waals surface area contributed by atoms with Crippen LogP contribution in [0.3, 0.4) is 0 Å². The van der Waals surface area contributed by atoms with E-state index in [0.29, 0.717) is 0 Å². The molecule has 0 N–H and O–H groups in total. The summed E-state index contributed by atoms with van der Waals surface area (Å²) in [6, 6.07) is 13.3. The van der Waals surface area contributed by atoms with E-state index in [1.807, 2.05) is 6.07 Å². The average Bonchev–Trinajstić information content (AvgIpc) is 3.01. The van der Waals surface area contributed by atoms with Gasteiger partial charge in [0.15, 0.2) is 3.95 Å². The summed E-state index contributed by atoms with van der Waals surface area (Å²) < 4.78 is 3.18. The van der Waals surface area contributed by atoms with Gasteiger partial charge in [-0.25, -0.2) is 0 Å². The van der Waals surface area contributed by atoms with Gasteiger partial charge >= 0.3 is 0 Å². The third-order valence-electron chi connectivity index (χ3n) is 6.24. The lowest BCUT2D eigenvalue weighted by molar-refractivity contribution is 0.569. The minimum Gasteiger partial charge on any atom is -0.293 e. The number of benzene rings is 2. The lowest BCUT2D eigenvalue weighted by Crippen LogP contribution is -2.16. The molecule has 164 valence electrons. The van der Waals surface area contributed by atoms with Gasteiger partial charge < -0.3 is 0 Å². The molecular formula is C27H32ClNS2. The quantitative estimate of drug-likeness (QED) is 0.339. The van der Waals surface area contributed by atoms with E-state index in [-0.39, 0.29) is 10.8 Å². The summed E-state index contributed by atoms with van der Waals surface area (Å²) in [5.74, 6) is 0. The Labute approximate surface area is 201 Å². The Balaban J connectivity index is 2.02. The third kappa shape index (κ3) is 4.42. The molecule has 31 heavy (non-hydrogen) atoms. The van der Waals surface area contributed by atoms with E-state index in [4.69, 9.17) is 23.8 Å². The van der Waals surface area contributed by atoms with Gasteiger partial charge in [0, 0.05) is 16.1 Å². The highest BCUT2D eigenvalue weighted by Gasteiger charge is 2.24. The van der Waals surface area contributed by atoms with Crippen LogP contribution in [0.1, 0.15) is 76.1 Å². The van der Waals surface area contributed by atoms with Crippen molar-refractivity contribution in [2.45, 2.75) is 78.1 Å². The maximum absolute atomic E-state index is 6.88. The van der Waals surface area contributed by atoms with Gasteiger partial charge in [-0.2, -0.15) is 0 Å². The van der Waals surface area contributed by atoms with E-state index < -0.39 is 0 Å². The van der Waals surface area contributed by atoms with E-state index in [0.717, 1.165) is 33.1 Å². The van der Waals surface area contributed by atoms with Crippen molar-refractivity contribution in [2.24, 2.45) is 0 Å². The standard InChI is InChI=1S/C27H32ClNS2/c1-26(2,3)18-14-17(15-19(16-18)27(4,5)6)20-10-9-11-21(28)24(20)29-22-12-7-8-13-23(22)31-25(29)30/h9-11,14-16H,7-8,12-13H2,1-6H3. The van der Waals surface area contributed by atoms with Gasteiger partial charge in [0.1, 0.15) is 0 Å². The second kappa shape index (κ2) is 8.17. The predicted molar refractivity (Wildman–Crippen MR) is 139 cm³/mol. The van der Waals surface area contributed by atoms with E-state index >= 15 is 0 Å². The number of thiazole rings is 1. The summed E-state index contributed by atoms with van der Waals surface area (Å²) in [6.07, 6.45) is 4.67. The Morgan fingerprint density at radius 3 is 2.13 bits per heavy atom. The molecule has 0 bridgehead atoms. The Morgan fingerprint density at radius 1 is 0.903 bits per heavy atom. The molecule has 4 rings (SSSR count). The van der Waals surface area contributed by atoms with Crippen LogP contribution in [0.4, 0.5) is 0 Å². The zero-order valence-corrected chi connectivity index (χ0v) is 21.8. The molecule has 0 spiro atoms. The number of hydrogen-bond donors (Lipinski definition) is 0. The molecule has 1 nitrogen and oxygen atoms in total. The minimum atomic E-state index is 0.0621. The van der Waals surface area contributed by atoms with Crippen LogP contribution in [0, 0.1) is 3.95 Å². The minimum absolute atomic E-state index is 0.0621. The van der Waals surface area contributed by atoms with Crippen molar-refractivity contribution in [3.05, 3.63) is 67.1 Å². The Bertz CT molecular complexity index is 1150. The number of aryl methyl sites for hydroxylation is 1. The van der Waals surface area contributed by atoms with Gasteiger partial charge in [-0.1, -0.05) is 83.5 Å². The molecule has 0 radical (unpaired) electrons. The SMILES string of the molecule is CC(C)(C)c1cc(-c2cccc(Cl)c2-n2c3c(sc2=S)CCCC3)cc(C(C)(C)C)c1. The molecule has 0 saturated heterocycles. The first-order chi connectivity index (χ1) is 14.5. The maximum Gasteiger partial charge on any atom is 0.166 e. The van der Waals surface area contributed by atoms with Gasteiger partial charge in [0.05, 0.1) is 10.7 Å². The van der Waals surface area contributed by atoms with Crippen molar-refractivity contribution in [3.63, 3.8) is 0 Å². The van der Waals surface area contributed by atoms with Crippen LogP contribution in [-0.4, -0.2) is 4.57 Å². The Kier molecular flexibility index (Phi) is 6.00. The smallest absolute Gasteiger partial charge is 0.166 e. The second-order valence-electron chi connectivity index (χ2n) is 10.7. The molecule has 1 aliphatic rings. The highest BCUT2D eigenvalue weighted by Crippen LogP contribution is 2.40. The molecule has 0 fully saturated rings. The molecule has 0 aliphatic heterocycles. The zero-order chi connectivity index (χ0) is 22.6. The first-order valence-corrected chi connectivity index (χ1v) is 12.8. The number of halogens is 1. The molecule has 1 aliphatic carbocycles. The summed E-state index contributed by atoms with van der Waals surface area (Å²) >= 11 is 14.5. The van der Waals surface area contributed by atoms with Crippen LogP contribution in [0.5, 0.6) is 0 Å². The molecule has 0 atom stereocenters. The molecule has 1 aromatic heterocycles. The Morgan fingerprint density at radius 2 is 1.52 bits per heavy atom. The van der Waals surface area contributed by atoms with E-state index in [1.54, 1.807) is 11.3 Å². The topological polar surface area (TPSA) is 4.93 Å². The van der Waals surface area contributed by atoms with Crippen molar-refractivity contribution < 1.29 is 0 Å². The average molecular weight is 470 g/mol. The summed E-state index contributed by atoms with van der Waals surface area (Å²) in [4.78, 5) is 1.43. The highest BCUT2D eigenvalue weighted by atomic mass is 35.5. The lowest BCUT2D eigenvalue weighted by Gasteiger charge is -2.27. The van der Waals surface area contributed by atoms with Crippen LogP contribution in [0.15, 0.2) is 36.4 Å². The number of para-hydroxylation sites is 1. The second-order valence-corrected chi connectivity index (χ2v) is 12.9. The normalized spacial score (nSPS) is 14.5. The lowest BCUT2D eigenvalue weighted by atomic mass is 9.79. The van der Waals surface area contributed by atoms with Crippen LogP contribution in [0.2, 0.25) is 5.02 Å². The van der Waals surface area contributed by atoms with Gasteiger partial charge in [-0.05, 0) is 71.5 Å². The number of aromatic nitrogens is 1. The first kappa shape index (κ1) is 22.8. The molecule has 0 saturated carbocycles. The number of nitrogens with zero attached hydrogens (tertiary/aromatic N) is 1. The third-order valence-corrected chi connectivity index (χ3v) is 8.02. The summed E-state index contributed by atoms with van der Waals surface area (Å²) in [7, 11) is 0. The van der Waals surface area contributed by atoms with E-state index in [9.17, 15) is 0 Å². The van der Waals surface area contributed by atoms with Crippen molar-refractivity contribution in [3.8, 4) is 16.8 Å². The van der Waals surface area contributed by atoms with Crippen LogP contribution in [0.25, 0.3) is 16.8 Å². The van der Waals surface area contributed by atoms with Gasteiger partial charge in [-0.15, -0.1) is 11.3 Å². The number of hydrogen-bond acceptors (Lipinski definition) is 2. The zero-order valence-electron chi connectivity index (χ0n) is 19.4. The van der Waals surface area contributed by atoms with E-state index in [1.165, 1.54) is 40.1 Å². The Hall–Kier alpha value is -1.42. The monoisotopic (exact) mass is 469 g/mol. The maximum atomic E-state index is 6.88. The highest BCUT2D eigenvalue weighted by molar-refractivity contribution is 7.73. The molecule has 3 aromatic rings. The predicted octanol–water partition coefficient (Wildman–Crippen LogP) is 9.06. The molecular weight excluding hydrogens is 438 g/mol. The van der Waals surface area contributed by atoms with Gasteiger partial charge in [-0.3, -0.25) is 4.57 Å². The molecule has 1 heterocycles. The number of fused-ring (bicyclic) bond motifs is 1. The fourth-order valence-electron chi connectivity index (χ4n) is 4.32. The first-order valence-electron chi connectivity index (χ1n) is 11.2. The molecule has 0 unspecified atom stereocenters. The van der Waals surface area contributed by atoms with Gasteiger partial charge in [0.25, 0.3) is 0 Å². The van der Waals surface area contributed by atoms with Crippen molar-refractivity contribution in [2.75, 3.05) is 0 Å². The molecule has 4 heteroatoms. The fourth-order valence-corrected chi connectivity index (χ4v) is 6.14. The van der Waals surface area contributed by atoms with Crippen LogP contribution in [-0.2, 0) is 23.7 Å². The molecule has 0 amide bonds. The summed E-state index contributed by atoms with van der Waals surface area (Å²) in [5, 5.41) is 0.762. The molecule has 2 aromatic carbocycles. The van der Waals surface area contributed by atoms with E-state index in [2.05, 4.69) is 76.4 Å². The fraction of sp³-hybridized carbons (Fsp3) is 0.444. The van der Waals surface area contributed by atoms with Crippen LogP contribution < -0.4 is 0 Å². The van der Waals surface area contributed by atoms with Crippen molar-refractivity contribution in [1.29, 1.82) is 0 Å². The van der Waals surface area contributed by atoms with Gasteiger partial charge in [0.2, 0.25) is 0 Å². The number of rotatable bonds is 2. The summed E-state index contributed by atoms with van der Waals surface area (Å²) in [6.45, 7) is 13.7. The van der Waals surface area contributed by atoms with Crippen molar-refractivity contribution in [1.82, 2.24) is 4.57 Å². The van der Waals surface area contributed by atoms with Crippen LogP contribution >= 0.6 is 35.2 Å². The summed E-state index contributed by atoms with van der Waals surface area (Å²) in [5.41, 5.74) is 7.59.